The van der Waals surface area contributed by atoms with Gasteiger partial charge in [-0.1, -0.05) is 23.7 Å². The fourth-order valence-corrected chi connectivity index (χ4v) is 3.49. The number of hydrogen-bond donors (Lipinski definition) is 2. The summed E-state index contributed by atoms with van der Waals surface area (Å²) >= 11 is 6.26. The van der Waals surface area contributed by atoms with E-state index in [2.05, 4.69) is 20.6 Å². The third kappa shape index (κ3) is 4.17. The molecule has 7 heteroatoms. The van der Waals surface area contributed by atoms with E-state index in [0.29, 0.717) is 28.8 Å². The van der Waals surface area contributed by atoms with Gasteiger partial charge in [-0.15, -0.1) is 0 Å². The lowest BCUT2D eigenvalue weighted by Gasteiger charge is -2.19. The van der Waals surface area contributed by atoms with Gasteiger partial charge in [-0.25, -0.2) is 4.98 Å². The summed E-state index contributed by atoms with van der Waals surface area (Å²) in [6, 6.07) is 13.2. The summed E-state index contributed by atoms with van der Waals surface area (Å²) in [7, 11) is 1.62. The first-order chi connectivity index (χ1) is 14.0. The second-order valence-corrected chi connectivity index (χ2v) is 7.35. The lowest BCUT2D eigenvalue weighted by molar-refractivity contribution is 0.0972. The zero-order valence-corrected chi connectivity index (χ0v) is 17.0. The number of nitrogens with zero attached hydrogens (tertiary/aromatic N) is 2. The van der Waals surface area contributed by atoms with Crippen molar-refractivity contribution in [3.63, 3.8) is 0 Å². The summed E-state index contributed by atoms with van der Waals surface area (Å²) < 4.78 is 5.27. The van der Waals surface area contributed by atoms with Crippen LogP contribution in [-0.2, 0) is 6.42 Å². The van der Waals surface area contributed by atoms with Gasteiger partial charge in [-0.3, -0.25) is 4.79 Å². The van der Waals surface area contributed by atoms with E-state index in [9.17, 15) is 4.79 Å². The topological polar surface area (TPSA) is 76.1 Å². The Labute approximate surface area is 174 Å². The molecular weight excluding hydrogens is 388 g/mol. The van der Waals surface area contributed by atoms with Gasteiger partial charge >= 0.3 is 0 Å². The number of halogens is 1. The molecule has 0 unspecified atom stereocenters. The monoisotopic (exact) mass is 408 g/mol. The molecule has 0 aliphatic heterocycles. The second-order valence-electron chi connectivity index (χ2n) is 6.94. The number of Topliss-reactive ketones (excluding diaryl/α,β-unsaturated/α-hetero) is 1. The summed E-state index contributed by atoms with van der Waals surface area (Å²) in [5, 5.41) is 7.12. The summed E-state index contributed by atoms with van der Waals surface area (Å²) in [6.07, 6.45) is 2.03. The van der Waals surface area contributed by atoms with Crippen molar-refractivity contribution >= 4 is 40.5 Å². The molecule has 6 nitrogen and oxygen atoms in total. The smallest absolute Gasteiger partial charge is 0.229 e. The van der Waals surface area contributed by atoms with Crippen LogP contribution in [0.25, 0.3) is 0 Å². The van der Waals surface area contributed by atoms with E-state index in [-0.39, 0.29) is 5.78 Å². The van der Waals surface area contributed by atoms with Gasteiger partial charge < -0.3 is 15.4 Å². The van der Waals surface area contributed by atoms with Crippen molar-refractivity contribution < 1.29 is 9.53 Å². The number of aryl methyl sites for hydroxylation is 2. The van der Waals surface area contributed by atoms with Gasteiger partial charge in [0.15, 0.2) is 5.78 Å². The Kier molecular flexibility index (Phi) is 5.36. The number of carbonyl (C=O) groups excluding carboxylic acids is 1. The van der Waals surface area contributed by atoms with E-state index in [1.807, 2.05) is 49.4 Å². The van der Waals surface area contributed by atoms with Crippen molar-refractivity contribution in [1.29, 1.82) is 0 Å². The van der Waals surface area contributed by atoms with Crippen molar-refractivity contribution in [3.05, 3.63) is 64.3 Å². The maximum atomic E-state index is 12.6. The van der Waals surface area contributed by atoms with Gasteiger partial charge in [-0.05, 0) is 49.6 Å². The standard InChI is InChI=1S/C22H21ClN4O2/c1-13-9-10-15(12-17(13)23)24-21-20-18(7-4-8-19(20)28)26-22(27-21)25-14-5-3-6-16(11-14)29-2/h3,5-6,9-12H,4,7-8H2,1-2H3,(H2,24,25,26,27). The predicted molar refractivity (Wildman–Crippen MR) is 115 cm³/mol. The Hall–Kier alpha value is -3.12. The molecule has 1 heterocycles. The molecule has 0 fully saturated rings. The number of aromatic nitrogens is 2. The van der Waals surface area contributed by atoms with Crippen molar-refractivity contribution in [2.75, 3.05) is 17.7 Å². The maximum Gasteiger partial charge on any atom is 0.229 e. The van der Waals surface area contributed by atoms with Gasteiger partial charge in [0.25, 0.3) is 0 Å². The molecule has 3 aromatic rings. The van der Waals surface area contributed by atoms with Crippen molar-refractivity contribution in [2.45, 2.75) is 26.2 Å². The lowest BCUT2D eigenvalue weighted by Crippen LogP contribution is -2.17. The third-order valence-electron chi connectivity index (χ3n) is 4.84. The molecule has 0 amide bonds. The summed E-state index contributed by atoms with van der Waals surface area (Å²) in [6.45, 7) is 1.94. The Balaban J connectivity index is 1.72. The molecular formula is C22H21ClN4O2. The zero-order chi connectivity index (χ0) is 20.4. The van der Waals surface area contributed by atoms with Gasteiger partial charge in [0.05, 0.1) is 18.4 Å². The first-order valence-electron chi connectivity index (χ1n) is 9.42. The van der Waals surface area contributed by atoms with E-state index in [0.717, 1.165) is 41.2 Å². The average molecular weight is 409 g/mol. The first kappa shape index (κ1) is 19.2. The molecule has 1 aliphatic rings. The Morgan fingerprint density at radius 3 is 2.66 bits per heavy atom. The molecule has 2 aromatic carbocycles. The van der Waals surface area contributed by atoms with Crippen LogP contribution in [0.1, 0.15) is 34.5 Å². The molecule has 4 rings (SSSR count). The number of carbonyl (C=O) groups is 1. The molecule has 2 N–H and O–H groups in total. The third-order valence-corrected chi connectivity index (χ3v) is 5.25. The fourth-order valence-electron chi connectivity index (χ4n) is 3.31. The van der Waals surface area contributed by atoms with Crippen LogP contribution in [0.3, 0.4) is 0 Å². The van der Waals surface area contributed by atoms with E-state index in [1.54, 1.807) is 7.11 Å². The summed E-state index contributed by atoms with van der Waals surface area (Å²) in [5.41, 5.74) is 3.87. The second kappa shape index (κ2) is 8.09. The quantitative estimate of drug-likeness (QED) is 0.584. The molecule has 29 heavy (non-hydrogen) atoms. The Bertz CT molecular complexity index is 1080. The number of nitrogens with one attached hydrogen (secondary N) is 2. The number of hydrogen-bond acceptors (Lipinski definition) is 6. The van der Waals surface area contributed by atoms with Crippen LogP contribution in [0.5, 0.6) is 5.75 Å². The minimum absolute atomic E-state index is 0.0555. The highest BCUT2D eigenvalue weighted by atomic mass is 35.5. The minimum Gasteiger partial charge on any atom is -0.497 e. The Morgan fingerprint density at radius 2 is 1.86 bits per heavy atom. The van der Waals surface area contributed by atoms with Gasteiger partial charge in [-0.2, -0.15) is 4.98 Å². The number of ether oxygens (including phenoxy) is 1. The number of methoxy groups -OCH3 is 1. The molecule has 0 radical (unpaired) electrons. The van der Waals surface area contributed by atoms with Crippen LogP contribution in [0, 0.1) is 6.92 Å². The van der Waals surface area contributed by atoms with Crippen LogP contribution in [0.4, 0.5) is 23.1 Å². The molecule has 0 atom stereocenters. The van der Waals surface area contributed by atoms with Crippen LogP contribution in [0.2, 0.25) is 5.02 Å². The minimum atomic E-state index is 0.0555. The number of fused-ring (bicyclic) bond motifs is 1. The van der Waals surface area contributed by atoms with Crippen molar-refractivity contribution in [1.82, 2.24) is 9.97 Å². The molecule has 0 spiro atoms. The maximum absolute atomic E-state index is 12.6. The highest BCUT2D eigenvalue weighted by Gasteiger charge is 2.25. The average Bonchev–Trinajstić information content (AvgIpc) is 2.71. The van der Waals surface area contributed by atoms with E-state index < -0.39 is 0 Å². The highest BCUT2D eigenvalue weighted by molar-refractivity contribution is 6.31. The predicted octanol–water partition coefficient (Wildman–Crippen LogP) is 5.45. The normalized spacial score (nSPS) is 13.0. The number of benzene rings is 2. The SMILES string of the molecule is COc1cccc(Nc2nc3c(c(Nc4ccc(C)c(Cl)c4)n2)C(=O)CCC3)c1. The van der Waals surface area contributed by atoms with Gasteiger partial charge in [0, 0.05) is 28.9 Å². The molecule has 1 aliphatic carbocycles. The van der Waals surface area contributed by atoms with E-state index in [4.69, 9.17) is 16.3 Å². The highest BCUT2D eigenvalue weighted by Crippen LogP contribution is 2.31. The van der Waals surface area contributed by atoms with E-state index >= 15 is 0 Å². The Morgan fingerprint density at radius 1 is 1.03 bits per heavy atom. The largest absolute Gasteiger partial charge is 0.497 e. The summed E-state index contributed by atoms with van der Waals surface area (Å²) in [5.74, 6) is 1.70. The lowest BCUT2D eigenvalue weighted by atomic mass is 9.95. The molecule has 0 saturated carbocycles. The fraction of sp³-hybridized carbons (Fsp3) is 0.227. The number of rotatable bonds is 5. The van der Waals surface area contributed by atoms with Gasteiger partial charge in [0.2, 0.25) is 5.95 Å². The van der Waals surface area contributed by atoms with Crippen LogP contribution in [0.15, 0.2) is 42.5 Å². The van der Waals surface area contributed by atoms with Crippen LogP contribution < -0.4 is 15.4 Å². The molecule has 0 saturated heterocycles. The zero-order valence-electron chi connectivity index (χ0n) is 16.3. The number of ketones is 1. The molecule has 148 valence electrons. The number of anilines is 4. The summed E-state index contributed by atoms with van der Waals surface area (Å²) in [4.78, 5) is 21.8. The van der Waals surface area contributed by atoms with Crippen LogP contribution in [-0.4, -0.2) is 22.9 Å². The van der Waals surface area contributed by atoms with Crippen molar-refractivity contribution in [2.24, 2.45) is 0 Å². The van der Waals surface area contributed by atoms with Crippen molar-refractivity contribution in [3.8, 4) is 5.75 Å². The van der Waals surface area contributed by atoms with Gasteiger partial charge in [0.1, 0.15) is 11.6 Å². The van der Waals surface area contributed by atoms with E-state index in [1.165, 1.54) is 0 Å². The molecule has 0 bridgehead atoms. The first-order valence-corrected chi connectivity index (χ1v) is 9.79. The molecule has 1 aromatic heterocycles. The van der Waals surface area contributed by atoms with Crippen LogP contribution >= 0.6 is 11.6 Å².